The van der Waals surface area contributed by atoms with E-state index in [0.717, 1.165) is 61.6 Å². The molecular formula is C64H42N4S. The molecule has 0 saturated heterocycles. The van der Waals surface area contributed by atoms with Crippen molar-refractivity contribution in [1.29, 1.82) is 0 Å². The van der Waals surface area contributed by atoms with E-state index >= 15 is 0 Å². The van der Waals surface area contributed by atoms with E-state index in [9.17, 15) is 0 Å². The first-order chi connectivity index (χ1) is 34.2. The molecule has 0 amide bonds. The lowest BCUT2D eigenvalue weighted by atomic mass is 9.93. The van der Waals surface area contributed by atoms with Crippen LogP contribution in [0, 0.1) is 0 Å². The van der Waals surface area contributed by atoms with Crippen LogP contribution >= 0.6 is 11.7 Å². The zero-order chi connectivity index (χ0) is 45.7. The van der Waals surface area contributed by atoms with E-state index in [1.807, 2.05) is 0 Å². The quantitative estimate of drug-likeness (QED) is 0.145. The number of hydrogen-bond donors (Lipinski definition) is 0. The van der Waals surface area contributed by atoms with Crippen LogP contribution in [0.5, 0.6) is 0 Å². The molecule has 0 fully saturated rings. The molecule has 13 rings (SSSR count). The summed E-state index contributed by atoms with van der Waals surface area (Å²) < 4.78 is 12.4. The van der Waals surface area contributed by atoms with Gasteiger partial charge >= 0.3 is 0 Å². The number of benzene rings is 11. The molecule has 0 aliphatic rings. The lowest BCUT2D eigenvalue weighted by molar-refractivity contribution is 1.18. The molecule has 69 heavy (non-hydrogen) atoms. The molecule has 11 aromatic carbocycles. The fraction of sp³-hybridized carbons (Fsp3) is 0. The highest BCUT2D eigenvalue weighted by molar-refractivity contribution is 7.00. The third-order valence-corrected chi connectivity index (χ3v) is 14.0. The van der Waals surface area contributed by atoms with Crippen LogP contribution < -0.4 is 4.90 Å². The Labute approximate surface area is 404 Å². The van der Waals surface area contributed by atoms with Gasteiger partial charge in [0.15, 0.2) is 0 Å². The number of anilines is 3. The molecule has 0 N–H and O–H groups in total. The third kappa shape index (κ3) is 7.24. The fourth-order valence-electron chi connectivity index (χ4n) is 10.1. The summed E-state index contributed by atoms with van der Waals surface area (Å²) in [7, 11) is 0. The molecule has 0 bridgehead atoms. The van der Waals surface area contributed by atoms with Gasteiger partial charge in [0.1, 0.15) is 11.0 Å². The molecule has 0 atom stereocenters. The van der Waals surface area contributed by atoms with Gasteiger partial charge in [0.05, 0.1) is 28.4 Å². The minimum atomic E-state index is 0.859. The molecule has 4 nitrogen and oxygen atoms in total. The predicted octanol–water partition coefficient (Wildman–Crippen LogP) is 17.7. The van der Waals surface area contributed by atoms with Crippen LogP contribution in [0.25, 0.3) is 105 Å². The molecule has 13 aromatic rings. The first-order valence-corrected chi connectivity index (χ1v) is 24.0. The van der Waals surface area contributed by atoms with Crippen LogP contribution in [0.15, 0.2) is 255 Å². The molecule has 0 aliphatic heterocycles. The van der Waals surface area contributed by atoms with Crippen molar-refractivity contribution >= 4 is 72.4 Å². The van der Waals surface area contributed by atoms with Gasteiger partial charge in [-0.2, -0.15) is 8.75 Å². The van der Waals surface area contributed by atoms with Crippen molar-refractivity contribution in [3.63, 3.8) is 0 Å². The van der Waals surface area contributed by atoms with E-state index in [1.54, 1.807) is 0 Å². The largest absolute Gasteiger partial charge is 0.309 e. The Morgan fingerprint density at radius 3 is 1.43 bits per heavy atom. The average Bonchev–Trinajstić information content (AvgIpc) is 4.06. The number of nitrogens with zero attached hydrogens (tertiary/aromatic N) is 4. The smallest absolute Gasteiger partial charge is 0.129 e. The first kappa shape index (κ1) is 40.4. The fourth-order valence-corrected chi connectivity index (χ4v) is 10.7. The van der Waals surface area contributed by atoms with E-state index in [0.29, 0.717) is 0 Å². The summed E-state index contributed by atoms with van der Waals surface area (Å²) in [5.41, 5.74) is 19.9. The van der Waals surface area contributed by atoms with Crippen molar-refractivity contribution in [3.05, 3.63) is 255 Å². The van der Waals surface area contributed by atoms with Crippen LogP contribution in [0.4, 0.5) is 17.1 Å². The monoisotopic (exact) mass is 898 g/mol. The van der Waals surface area contributed by atoms with Gasteiger partial charge in [-0.05, 0) is 146 Å². The zero-order valence-corrected chi connectivity index (χ0v) is 38.3. The highest BCUT2D eigenvalue weighted by Gasteiger charge is 2.22. The standard InChI is InChI=1S/C64H42N4S/c1-5-15-43(16-6-1)46-25-31-54(32-26-46)67(55-33-27-47(28-34-55)52-41-50(44-17-7-2-8-18-44)40-51(42-52)45-19-9-3-10-20-45)61-38-36-57(63-64(61)66-69-65-63)49-29-35-56-48(39-49)30-37-60-62(56)58-23-13-14-24-59(58)68(60)53-21-11-4-12-22-53/h1-42H. The highest BCUT2D eigenvalue weighted by Crippen LogP contribution is 2.44. The minimum Gasteiger partial charge on any atom is -0.309 e. The zero-order valence-electron chi connectivity index (χ0n) is 37.4. The van der Waals surface area contributed by atoms with E-state index in [-0.39, 0.29) is 0 Å². The topological polar surface area (TPSA) is 34.0 Å². The van der Waals surface area contributed by atoms with Crippen molar-refractivity contribution in [3.8, 4) is 61.3 Å². The summed E-state index contributed by atoms with van der Waals surface area (Å²) in [6.45, 7) is 0. The first-order valence-electron chi connectivity index (χ1n) is 23.3. The number of fused-ring (bicyclic) bond motifs is 6. The van der Waals surface area contributed by atoms with E-state index in [1.165, 1.54) is 72.1 Å². The second kappa shape index (κ2) is 17.1. The van der Waals surface area contributed by atoms with Gasteiger partial charge in [0.2, 0.25) is 0 Å². The average molecular weight is 899 g/mol. The second-order valence-corrected chi connectivity index (χ2v) is 18.0. The lowest BCUT2D eigenvalue weighted by Crippen LogP contribution is -2.10. The third-order valence-electron chi connectivity index (χ3n) is 13.5. The molecule has 324 valence electrons. The lowest BCUT2D eigenvalue weighted by Gasteiger charge is -2.26. The van der Waals surface area contributed by atoms with Crippen LogP contribution in [-0.2, 0) is 0 Å². The van der Waals surface area contributed by atoms with Crippen molar-refractivity contribution in [2.45, 2.75) is 0 Å². The Hall–Kier alpha value is -8.90. The molecule has 0 radical (unpaired) electrons. The summed E-state index contributed by atoms with van der Waals surface area (Å²) in [5.74, 6) is 0. The summed E-state index contributed by atoms with van der Waals surface area (Å²) >= 11 is 1.26. The van der Waals surface area contributed by atoms with Gasteiger partial charge in [-0.15, -0.1) is 0 Å². The van der Waals surface area contributed by atoms with Gasteiger partial charge < -0.3 is 9.47 Å². The number of para-hydroxylation sites is 2. The van der Waals surface area contributed by atoms with Gasteiger partial charge in [0, 0.05) is 33.4 Å². The Balaban J connectivity index is 0.920. The molecule has 5 heteroatoms. The molecule has 0 unspecified atom stereocenters. The summed E-state index contributed by atoms with van der Waals surface area (Å²) in [6, 6.07) is 91.7. The summed E-state index contributed by atoms with van der Waals surface area (Å²) in [6.07, 6.45) is 0. The van der Waals surface area contributed by atoms with Crippen molar-refractivity contribution < 1.29 is 0 Å². The van der Waals surface area contributed by atoms with Crippen molar-refractivity contribution in [2.24, 2.45) is 0 Å². The molecular weight excluding hydrogens is 857 g/mol. The molecule has 2 aromatic heterocycles. The molecule has 2 heterocycles. The van der Waals surface area contributed by atoms with Gasteiger partial charge in [0.25, 0.3) is 0 Å². The Kier molecular flexibility index (Phi) is 9.99. The Bertz CT molecular complexity index is 3920. The van der Waals surface area contributed by atoms with Crippen LogP contribution in [0.3, 0.4) is 0 Å². The number of aromatic nitrogens is 3. The van der Waals surface area contributed by atoms with Gasteiger partial charge in [-0.25, -0.2) is 0 Å². The van der Waals surface area contributed by atoms with Crippen LogP contribution in [0.1, 0.15) is 0 Å². The van der Waals surface area contributed by atoms with Crippen molar-refractivity contribution in [2.75, 3.05) is 4.90 Å². The van der Waals surface area contributed by atoms with E-state index < -0.39 is 0 Å². The SMILES string of the molecule is c1ccc(-c2ccc(N(c3ccc(-c4cc(-c5ccccc5)cc(-c5ccccc5)c4)cc3)c3ccc(-c4ccc5c(ccc6c5c5ccccc5n6-c5ccccc5)c4)c4nsnc34)cc2)cc1. The molecule has 0 spiro atoms. The predicted molar refractivity (Wildman–Crippen MR) is 291 cm³/mol. The number of hydrogen-bond acceptors (Lipinski definition) is 4. The summed E-state index contributed by atoms with van der Waals surface area (Å²) in [4.78, 5) is 2.32. The van der Waals surface area contributed by atoms with Gasteiger partial charge in [-0.1, -0.05) is 170 Å². The second-order valence-electron chi connectivity index (χ2n) is 17.5. The summed E-state index contributed by atoms with van der Waals surface area (Å²) in [5, 5.41) is 4.91. The maximum absolute atomic E-state index is 5.04. The van der Waals surface area contributed by atoms with E-state index in [2.05, 4.69) is 264 Å². The maximum Gasteiger partial charge on any atom is 0.129 e. The minimum absolute atomic E-state index is 0.859. The van der Waals surface area contributed by atoms with Crippen molar-refractivity contribution in [1.82, 2.24) is 13.3 Å². The number of rotatable bonds is 9. The van der Waals surface area contributed by atoms with Crippen LogP contribution in [0.2, 0.25) is 0 Å². The normalized spacial score (nSPS) is 11.5. The van der Waals surface area contributed by atoms with E-state index in [4.69, 9.17) is 8.75 Å². The molecule has 0 aliphatic carbocycles. The Morgan fingerprint density at radius 1 is 0.333 bits per heavy atom. The Morgan fingerprint density at radius 2 is 0.826 bits per heavy atom. The highest BCUT2D eigenvalue weighted by atomic mass is 32.1. The van der Waals surface area contributed by atoms with Gasteiger partial charge in [-0.3, -0.25) is 0 Å². The van der Waals surface area contributed by atoms with Crippen LogP contribution in [-0.4, -0.2) is 13.3 Å². The molecule has 0 saturated carbocycles. The maximum atomic E-state index is 5.04.